The predicted molar refractivity (Wildman–Crippen MR) is 98.7 cm³/mol. The number of rotatable bonds is 4. The Morgan fingerprint density at radius 2 is 1.54 bits per heavy atom. The summed E-state index contributed by atoms with van der Waals surface area (Å²) >= 11 is 0. The Kier molecular flexibility index (Phi) is 6.46. The molecule has 2 aliphatic rings. The standard InChI is InChI=1S/C19H29N3O6/c1-10(22-15(24)12-8-6-7-9-13(12)16(22)25)17(26)28-11(2)14(23)20-18(27)21-19(3,4)5/h10-13H,6-9H2,1-5H3,(H2,20,21,23,27)/t10-,11+,12-,13-/m0/s1. The van der Waals surface area contributed by atoms with Crippen molar-refractivity contribution in [3.8, 4) is 0 Å². The Hall–Kier alpha value is -2.45. The lowest BCUT2D eigenvalue weighted by Crippen LogP contribution is -2.51. The second-order valence-electron chi connectivity index (χ2n) is 8.49. The van der Waals surface area contributed by atoms with Gasteiger partial charge in [0.1, 0.15) is 6.04 Å². The monoisotopic (exact) mass is 395 g/mol. The summed E-state index contributed by atoms with van der Waals surface area (Å²) < 4.78 is 5.09. The molecule has 4 atom stereocenters. The maximum atomic E-state index is 12.6. The van der Waals surface area contributed by atoms with Crippen LogP contribution in [0.5, 0.6) is 0 Å². The fourth-order valence-corrected chi connectivity index (χ4v) is 3.59. The van der Waals surface area contributed by atoms with Crippen LogP contribution >= 0.6 is 0 Å². The van der Waals surface area contributed by atoms with Gasteiger partial charge in [0, 0.05) is 5.54 Å². The van der Waals surface area contributed by atoms with E-state index in [9.17, 15) is 24.0 Å². The molecule has 5 amide bonds. The van der Waals surface area contributed by atoms with Gasteiger partial charge >= 0.3 is 12.0 Å². The summed E-state index contributed by atoms with van der Waals surface area (Å²) in [6.45, 7) is 7.99. The fraction of sp³-hybridized carbons (Fsp3) is 0.737. The first-order chi connectivity index (χ1) is 12.9. The molecule has 0 aromatic carbocycles. The van der Waals surface area contributed by atoms with Crippen molar-refractivity contribution in [2.45, 2.75) is 78.0 Å². The molecule has 0 unspecified atom stereocenters. The molecule has 9 nitrogen and oxygen atoms in total. The number of nitrogens with zero attached hydrogens (tertiary/aromatic N) is 1. The highest BCUT2D eigenvalue weighted by atomic mass is 16.5. The molecule has 2 N–H and O–H groups in total. The largest absolute Gasteiger partial charge is 0.451 e. The summed E-state index contributed by atoms with van der Waals surface area (Å²) in [6, 6.07) is -1.83. The molecule has 2 fully saturated rings. The third-order valence-electron chi connectivity index (χ3n) is 4.99. The van der Waals surface area contributed by atoms with Gasteiger partial charge in [-0.15, -0.1) is 0 Å². The summed E-state index contributed by atoms with van der Waals surface area (Å²) in [7, 11) is 0. The van der Waals surface area contributed by atoms with E-state index in [1.165, 1.54) is 13.8 Å². The van der Waals surface area contributed by atoms with E-state index < -0.39 is 35.6 Å². The van der Waals surface area contributed by atoms with E-state index in [4.69, 9.17) is 4.74 Å². The van der Waals surface area contributed by atoms with E-state index in [0.29, 0.717) is 12.8 Å². The summed E-state index contributed by atoms with van der Waals surface area (Å²) in [6.07, 6.45) is 1.82. The van der Waals surface area contributed by atoms with E-state index in [1.54, 1.807) is 20.8 Å². The number of ether oxygens (including phenoxy) is 1. The van der Waals surface area contributed by atoms with Gasteiger partial charge in [-0.05, 0) is 47.5 Å². The number of urea groups is 1. The first kappa shape index (κ1) is 21.8. The second-order valence-corrected chi connectivity index (χ2v) is 8.49. The predicted octanol–water partition coefficient (Wildman–Crippen LogP) is 1.11. The normalized spacial score (nSPS) is 24.2. The van der Waals surface area contributed by atoms with Crippen LogP contribution in [0.3, 0.4) is 0 Å². The number of imide groups is 2. The van der Waals surface area contributed by atoms with Crippen LogP contribution in [0.15, 0.2) is 0 Å². The second kappa shape index (κ2) is 8.28. The first-order valence-electron chi connectivity index (χ1n) is 9.63. The fourth-order valence-electron chi connectivity index (χ4n) is 3.59. The quantitative estimate of drug-likeness (QED) is 0.543. The Morgan fingerprint density at radius 1 is 1.04 bits per heavy atom. The topological polar surface area (TPSA) is 122 Å². The van der Waals surface area contributed by atoms with Crippen molar-refractivity contribution >= 4 is 29.7 Å². The Balaban J connectivity index is 1.94. The van der Waals surface area contributed by atoms with Crippen molar-refractivity contribution in [3.05, 3.63) is 0 Å². The number of hydrogen-bond acceptors (Lipinski definition) is 6. The molecule has 9 heteroatoms. The molecule has 1 aliphatic heterocycles. The molecule has 1 heterocycles. The summed E-state index contributed by atoms with van der Waals surface area (Å²) in [4.78, 5) is 62.3. The number of nitrogens with one attached hydrogen (secondary N) is 2. The minimum Gasteiger partial charge on any atom is -0.451 e. The SMILES string of the molecule is C[C@@H](OC(=O)[C@H](C)N1C(=O)[C@H]2CCCC[C@@H]2C1=O)C(=O)NC(=O)NC(C)(C)C. The van der Waals surface area contributed by atoms with E-state index in [2.05, 4.69) is 10.6 Å². The number of carbonyl (C=O) groups is 5. The van der Waals surface area contributed by atoms with Gasteiger partial charge in [-0.2, -0.15) is 0 Å². The third kappa shape index (κ3) is 4.88. The van der Waals surface area contributed by atoms with Gasteiger partial charge in [-0.3, -0.25) is 24.6 Å². The highest BCUT2D eigenvalue weighted by Crippen LogP contribution is 2.38. The number of amides is 5. The average Bonchev–Trinajstić information content (AvgIpc) is 2.83. The van der Waals surface area contributed by atoms with Gasteiger partial charge < -0.3 is 10.1 Å². The highest BCUT2D eigenvalue weighted by molar-refractivity contribution is 6.08. The molecule has 28 heavy (non-hydrogen) atoms. The van der Waals surface area contributed by atoms with E-state index in [0.717, 1.165) is 17.7 Å². The maximum Gasteiger partial charge on any atom is 0.329 e. The van der Waals surface area contributed by atoms with Gasteiger partial charge in [0.2, 0.25) is 11.8 Å². The van der Waals surface area contributed by atoms with Crippen LogP contribution in [0, 0.1) is 11.8 Å². The molecule has 1 saturated heterocycles. The Morgan fingerprint density at radius 3 is 2.00 bits per heavy atom. The smallest absolute Gasteiger partial charge is 0.329 e. The molecule has 2 rings (SSSR count). The summed E-state index contributed by atoms with van der Waals surface area (Å²) in [5.74, 6) is -3.08. The van der Waals surface area contributed by atoms with Crippen LogP contribution in [0.2, 0.25) is 0 Å². The van der Waals surface area contributed by atoms with Crippen LogP contribution in [0.1, 0.15) is 60.3 Å². The molecule has 0 radical (unpaired) electrons. The van der Waals surface area contributed by atoms with Crippen LogP contribution in [0.25, 0.3) is 0 Å². The lowest BCUT2D eigenvalue weighted by molar-refractivity contribution is -0.163. The number of hydrogen-bond donors (Lipinski definition) is 2. The van der Waals surface area contributed by atoms with Crippen molar-refractivity contribution in [1.29, 1.82) is 0 Å². The third-order valence-corrected chi connectivity index (χ3v) is 4.99. The Bertz CT molecular complexity index is 660. The van der Waals surface area contributed by atoms with Crippen LogP contribution < -0.4 is 10.6 Å². The van der Waals surface area contributed by atoms with Gasteiger partial charge in [0.25, 0.3) is 5.91 Å². The van der Waals surface area contributed by atoms with Crippen molar-refractivity contribution in [1.82, 2.24) is 15.5 Å². The van der Waals surface area contributed by atoms with Gasteiger partial charge in [0.05, 0.1) is 11.8 Å². The van der Waals surface area contributed by atoms with E-state index in [-0.39, 0.29) is 23.7 Å². The first-order valence-corrected chi connectivity index (χ1v) is 9.63. The number of likely N-dealkylation sites (tertiary alicyclic amines) is 1. The van der Waals surface area contributed by atoms with E-state index in [1.807, 2.05) is 0 Å². The van der Waals surface area contributed by atoms with Crippen molar-refractivity contribution in [2.24, 2.45) is 11.8 Å². The minimum absolute atomic E-state index is 0.346. The molecule has 0 bridgehead atoms. The zero-order valence-electron chi connectivity index (χ0n) is 17.0. The molecule has 0 aromatic heterocycles. The van der Waals surface area contributed by atoms with Crippen LogP contribution in [-0.2, 0) is 23.9 Å². The molecule has 1 saturated carbocycles. The molecule has 1 aliphatic carbocycles. The van der Waals surface area contributed by atoms with Crippen molar-refractivity contribution in [2.75, 3.05) is 0 Å². The number of carbonyl (C=O) groups excluding carboxylic acids is 5. The van der Waals surface area contributed by atoms with E-state index >= 15 is 0 Å². The molecule has 0 aromatic rings. The molecular weight excluding hydrogens is 366 g/mol. The molecule has 156 valence electrons. The van der Waals surface area contributed by atoms with Gasteiger partial charge in [-0.1, -0.05) is 12.8 Å². The number of esters is 1. The highest BCUT2D eigenvalue weighted by Gasteiger charge is 2.51. The Labute approximate surface area is 164 Å². The van der Waals surface area contributed by atoms with Gasteiger partial charge in [-0.25, -0.2) is 9.59 Å². The van der Waals surface area contributed by atoms with Crippen molar-refractivity contribution in [3.63, 3.8) is 0 Å². The maximum absolute atomic E-state index is 12.6. The summed E-state index contributed by atoms with van der Waals surface area (Å²) in [5, 5.41) is 4.65. The lowest BCUT2D eigenvalue weighted by atomic mass is 9.81. The van der Waals surface area contributed by atoms with Gasteiger partial charge in [0.15, 0.2) is 6.10 Å². The van der Waals surface area contributed by atoms with Crippen LogP contribution in [-0.4, -0.2) is 52.3 Å². The minimum atomic E-state index is -1.25. The van der Waals surface area contributed by atoms with Crippen molar-refractivity contribution < 1.29 is 28.7 Å². The number of fused-ring (bicyclic) bond motifs is 1. The molecular formula is C19H29N3O6. The lowest BCUT2D eigenvalue weighted by Gasteiger charge is -2.24. The molecule has 0 spiro atoms. The van der Waals surface area contributed by atoms with Crippen LogP contribution in [0.4, 0.5) is 4.79 Å². The summed E-state index contributed by atoms with van der Waals surface area (Å²) in [5.41, 5.74) is -0.536. The zero-order valence-corrected chi connectivity index (χ0v) is 17.0. The zero-order chi connectivity index (χ0) is 21.2. The average molecular weight is 395 g/mol.